The molecule has 2 aromatic carbocycles. The Kier molecular flexibility index (Phi) is 3.95. The molecule has 0 unspecified atom stereocenters. The van der Waals surface area contributed by atoms with Crippen molar-refractivity contribution in [3.63, 3.8) is 0 Å². The molecule has 0 spiro atoms. The molecule has 0 radical (unpaired) electrons. The first-order valence-electron chi connectivity index (χ1n) is 10.9. The molecule has 3 aliphatic rings. The SMILES string of the molecule is O=C1C=C2C[C@H]3c4c(c5ccccc5n4Cc4ccccc4)CC(=O)N3C[C@@H]2CC1. The van der Waals surface area contributed by atoms with Gasteiger partial charge in [-0.3, -0.25) is 9.59 Å². The highest BCUT2D eigenvalue weighted by molar-refractivity contribution is 5.94. The van der Waals surface area contributed by atoms with Gasteiger partial charge < -0.3 is 9.47 Å². The molecule has 2 atom stereocenters. The summed E-state index contributed by atoms with van der Waals surface area (Å²) in [5.41, 5.74) is 6.12. The van der Waals surface area contributed by atoms with Crippen molar-refractivity contribution in [3.8, 4) is 0 Å². The van der Waals surface area contributed by atoms with E-state index in [2.05, 4.69) is 58.0 Å². The summed E-state index contributed by atoms with van der Waals surface area (Å²) in [6.07, 6.45) is 4.61. The van der Waals surface area contributed by atoms with Crippen LogP contribution >= 0.6 is 0 Å². The van der Waals surface area contributed by atoms with Crippen LogP contribution in [0.25, 0.3) is 10.9 Å². The Hall–Kier alpha value is -3.14. The second-order valence-electron chi connectivity index (χ2n) is 8.82. The first-order valence-corrected chi connectivity index (χ1v) is 10.9. The van der Waals surface area contributed by atoms with Crippen molar-refractivity contribution in [1.82, 2.24) is 9.47 Å². The van der Waals surface area contributed by atoms with E-state index < -0.39 is 0 Å². The van der Waals surface area contributed by atoms with Crippen LogP contribution in [-0.4, -0.2) is 27.7 Å². The zero-order valence-electron chi connectivity index (χ0n) is 16.9. The Labute approximate surface area is 175 Å². The van der Waals surface area contributed by atoms with Crippen LogP contribution in [0.2, 0.25) is 0 Å². The minimum absolute atomic E-state index is 0.0192. The molecule has 3 aromatic rings. The molecule has 3 heterocycles. The fourth-order valence-electron chi connectivity index (χ4n) is 5.70. The van der Waals surface area contributed by atoms with Crippen LogP contribution in [0.5, 0.6) is 0 Å². The molecule has 4 heteroatoms. The van der Waals surface area contributed by atoms with E-state index in [0.29, 0.717) is 18.8 Å². The van der Waals surface area contributed by atoms with Crippen molar-refractivity contribution in [2.24, 2.45) is 5.92 Å². The number of allylic oxidation sites excluding steroid dienone is 1. The Morgan fingerprint density at radius 1 is 0.967 bits per heavy atom. The third kappa shape index (κ3) is 2.67. The Bertz CT molecular complexity index is 1200. The van der Waals surface area contributed by atoms with Gasteiger partial charge in [-0.25, -0.2) is 0 Å². The van der Waals surface area contributed by atoms with Crippen molar-refractivity contribution in [1.29, 1.82) is 0 Å². The number of fused-ring (bicyclic) bond motifs is 6. The maximum atomic E-state index is 13.2. The predicted octanol–water partition coefficient (Wildman–Crippen LogP) is 4.42. The smallest absolute Gasteiger partial charge is 0.227 e. The molecule has 1 saturated heterocycles. The van der Waals surface area contributed by atoms with E-state index in [1.165, 1.54) is 33.3 Å². The molecule has 150 valence electrons. The van der Waals surface area contributed by atoms with Gasteiger partial charge in [0.25, 0.3) is 0 Å². The largest absolute Gasteiger partial charge is 0.338 e. The van der Waals surface area contributed by atoms with Crippen molar-refractivity contribution in [3.05, 3.63) is 83.1 Å². The summed E-state index contributed by atoms with van der Waals surface area (Å²) in [6.45, 7) is 1.53. The lowest BCUT2D eigenvalue weighted by molar-refractivity contribution is -0.136. The fraction of sp³-hybridized carbons (Fsp3) is 0.308. The van der Waals surface area contributed by atoms with E-state index in [9.17, 15) is 9.59 Å². The van der Waals surface area contributed by atoms with Crippen LogP contribution < -0.4 is 0 Å². The highest BCUT2D eigenvalue weighted by Gasteiger charge is 2.43. The highest BCUT2D eigenvalue weighted by Crippen LogP contribution is 2.46. The second kappa shape index (κ2) is 6.69. The van der Waals surface area contributed by atoms with Crippen molar-refractivity contribution in [2.75, 3.05) is 6.54 Å². The zero-order chi connectivity index (χ0) is 20.2. The van der Waals surface area contributed by atoms with E-state index in [1.807, 2.05) is 12.1 Å². The lowest BCUT2D eigenvalue weighted by atomic mass is 9.77. The average molecular weight is 396 g/mol. The molecule has 1 fully saturated rings. The fourth-order valence-corrected chi connectivity index (χ4v) is 5.70. The van der Waals surface area contributed by atoms with Gasteiger partial charge in [-0.15, -0.1) is 0 Å². The topological polar surface area (TPSA) is 42.3 Å². The van der Waals surface area contributed by atoms with Crippen LogP contribution in [0.4, 0.5) is 0 Å². The summed E-state index contributed by atoms with van der Waals surface area (Å²) in [7, 11) is 0. The summed E-state index contributed by atoms with van der Waals surface area (Å²) in [5, 5.41) is 1.19. The van der Waals surface area contributed by atoms with Gasteiger partial charge in [-0.2, -0.15) is 0 Å². The molecule has 0 saturated carbocycles. The first-order chi connectivity index (χ1) is 14.7. The van der Waals surface area contributed by atoms with Crippen LogP contribution in [0.1, 0.15) is 42.1 Å². The van der Waals surface area contributed by atoms with Crippen LogP contribution in [0.15, 0.2) is 66.2 Å². The number of amides is 1. The summed E-state index contributed by atoms with van der Waals surface area (Å²) in [4.78, 5) is 27.3. The maximum absolute atomic E-state index is 13.2. The van der Waals surface area contributed by atoms with Crippen LogP contribution in [-0.2, 0) is 22.6 Å². The number of para-hydroxylation sites is 1. The Balaban J connectivity index is 1.53. The van der Waals surface area contributed by atoms with Gasteiger partial charge in [-0.1, -0.05) is 54.1 Å². The minimum atomic E-state index is 0.0192. The molecule has 6 rings (SSSR count). The third-order valence-electron chi connectivity index (χ3n) is 7.10. The van der Waals surface area contributed by atoms with Gasteiger partial charge in [0.1, 0.15) is 0 Å². The number of rotatable bonds is 2. The normalized spacial score (nSPS) is 23.1. The summed E-state index contributed by atoms with van der Waals surface area (Å²) in [5.74, 6) is 0.810. The zero-order valence-corrected chi connectivity index (χ0v) is 16.9. The van der Waals surface area contributed by atoms with Gasteiger partial charge in [0, 0.05) is 36.1 Å². The van der Waals surface area contributed by atoms with Gasteiger partial charge in [0.15, 0.2) is 5.78 Å². The molecule has 0 N–H and O–H groups in total. The average Bonchev–Trinajstić information content (AvgIpc) is 3.07. The number of ketones is 1. The first kappa shape index (κ1) is 17.7. The van der Waals surface area contributed by atoms with Gasteiger partial charge in [0.05, 0.1) is 12.5 Å². The molecule has 4 nitrogen and oxygen atoms in total. The standard InChI is InChI=1S/C26H24N2O2/c29-20-11-10-18-16-27-24(13-19(18)12-20)26-22(14-25(27)30)21-8-4-5-9-23(21)28(26)15-17-6-2-1-3-7-17/h1-9,12,18,24H,10-11,13-16H2/t18-,24-/m0/s1. The van der Waals surface area contributed by atoms with Crippen LogP contribution in [0.3, 0.4) is 0 Å². The number of carbonyl (C=O) groups excluding carboxylic acids is 2. The molecule has 0 bridgehead atoms. The number of nitrogens with zero attached hydrogens (tertiary/aromatic N) is 2. The van der Waals surface area contributed by atoms with Gasteiger partial charge in [0.2, 0.25) is 5.91 Å². The second-order valence-corrected chi connectivity index (χ2v) is 8.82. The van der Waals surface area contributed by atoms with E-state index >= 15 is 0 Å². The minimum Gasteiger partial charge on any atom is -0.338 e. The quantitative estimate of drug-likeness (QED) is 0.643. The summed E-state index contributed by atoms with van der Waals surface area (Å²) >= 11 is 0. The van der Waals surface area contributed by atoms with E-state index in [4.69, 9.17) is 0 Å². The Morgan fingerprint density at radius 2 is 1.77 bits per heavy atom. The van der Waals surface area contributed by atoms with E-state index in [-0.39, 0.29) is 17.7 Å². The predicted molar refractivity (Wildman–Crippen MR) is 116 cm³/mol. The van der Waals surface area contributed by atoms with E-state index in [1.54, 1.807) is 0 Å². The summed E-state index contributed by atoms with van der Waals surface area (Å²) in [6, 6.07) is 19.0. The van der Waals surface area contributed by atoms with Crippen molar-refractivity contribution >= 4 is 22.6 Å². The number of carbonyl (C=O) groups is 2. The number of piperidine rings is 1. The molecule has 1 aromatic heterocycles. The van der Waals surface area contributed by atoms with Gasteiger partial charge in [-0.05, 0) is 42.0 Å². The molecule has 30 heavy (non-hydrogen) atoms. The van der Waals surface area contributed by atoms with Crippen molar-refractivity contribution in [2.45, 2.75) is 38.3 Å². The van der Waals surface area contributed by atoms with Gasteiger partial charge >= 0.3 is 0 Å². The van der Waals surface area contributed by atoms with E-state index in [0.717, 1.165) is 25.9 Å². The number of hydrogen-bond acceptors (Lipinski definition) is 2. The summed E-state index contributed by atoms with van der Waals surface area (Å²) < 4.78 is 2.41. The molecule has 1 aliphatic carbocycles. The Morgan fingerprint density at radius 3 is 2.63 bits per heavy atom. The molecular formula is C26H24N2O2. The monoisotopic (exact) mass is 396 g/mol. The number of aromatic nitrogens is 1. The number of benzene rings is 2. The maximum Gasteiger partial charge on any atom is 0.227 e. The third-order valence-corrected chi connectivity index (χ3v) is 7.10. The lowest BCUT2D eigenvalue weighted by Crippen LogP contribution is -2.48. The molecule has 2 aliphatic heterocycles. The lowest BCUT2D eigenvalue weighted by Gasteiger charge is -2.45. The molecule has 1 amide bonds. The number of hydrogen-bond donors (Lipinski definition) is 0. The van der Waals surface area contributed by atoms with Crippen LogP contribution in [0, 0.1) is 5.92 Å². The molecular weight excluding hydrogens is 372 g/mol. The highest BCUT2D eigenvalue weighted by atomic mass is 16.2. The van der Waals surface area contributed by atoms with Crippen molar-refractivity contribution < 1.29 is 9.59 Å².